The monoisotopic (exact) mass is 371 g/mol. The zero-order chi connectivity index (χ0) is 18.7. The maximum Gasteiger partial charge on any atom is 0.236 e. The molecule has 27 heavy (non-hydrogen) atoms. The van der Waals surface area contributed by atoms with Crippen LogP contribution in [0.3, 0.4) is 0 Å². The van der Waals surface area contributed by atoms with Crippen molar-refractivity contribution in [3.8, 4) is 0 Å². The van der Waals surface area contributed by atoms with Crippen LogP contribution in [-0.2, 0) is 9.53 Å². The van der Waals surface area contributed by atoms with Gasteiger partial charge in [-0.2, -0.15) is 0 Å². The molecule has 1 spiro atoms. The Hall–Kier alpha value is -1.43. The molecule has 0 unspecified atom stereocenters. The number of likely N-dealkylation sites (tertiary alicyclic amines) is 2. The molecule has 0 N–H and O–H groups in total. The molecular formula is C22H33N3O2. The highest BCUT2D eigenvalue weighted by Crippen LogP contribution is 2.44. The quantitative estimate of drug-likeness (QED) is 0.815. The van der Waals surface area contributed by atoms with Crippen molar-refractivity contribution in [2.75, 3.05) is 66.1 Å². The molecule has 1 aromatic rings. The van der Waals surface area contributed by atoms with E-state index in [1.807, 2.05) is 0 Å². The summed E-state index contributed by atoms with van der Waals surface area (Å²) in [5, 5.41) is 0. The van der Waals surface area contributed by atoms with Gasteiger partial charge >= 0.3 is 0 Å². The van der Waals surface area contributed by atoms with E-state index in [-0.39, 0.29) is 0 Å². The first-order valence-electron chi connectivity index (χ1n) is 10.4. The molecule has 0 saturated carbocycles. The molecular weight excluding hydrogens is 338 g/mol. The molecule has 148 valence electrons. The van der Waals surface area contributed by atoms with Gasteiger partial charge in [0, 0.05) is 39.3 Å². The van der Waals surface area contributed by atoms with Gasteiger partial charge in [0.05, 0.1) is 19.8 Å². The Balaban J connectivity index is 1.34. The standard InChI is InChI=1S/C22H33N3O2/c1-23-16-20(19-5-3-2-4-6-19)15-22(18-23)7-9-25(10-8-22)21(26)17-24-11-13-27-14-12-24/h2-6,20H,7-18H2,1H3/t20-/m1/s1. The number of hydrogen-bond donors (Lipinski definition) is 0. The molecule has 3 fully saturated rings. The molecule has 3 saturated heterocycles. The van der Waals surface area contributed by atoms with Crippen LogP contribution in [0.15, 0.2) is 30.3 Å². The molecule has 1 amide bonds. The first-order valence-corrected chi connectivity index (χ1v) is 10.4. The maximum atomic E-state index is 12.7. The van der Waals surface area contributed by atoms with Crippen LogP contribution in [0.2, 0.25) is 0 Å². The first-order chi connectivity index (χ1) is 13.1. The van der Waals surface area contributed by atoms with E-state index in [1.54, 1.807) is 0 Å². The molecule has 0 bridgehead atoms. The lowest BCUT2D eigenvalue weighted by molar-refractivity contribution is -0.136. The fourth-order valence-corrected chi connectivity index (χ4v) is 5.26. The lowest BCUT2D eigenvalue weighted by Crippen LogP contribution is -2.53. The molecule has 3 aliphatic rings. The third-order valence-corrected chi connectivity index (χ3v) is 6.73. The van der Waals surface area contributed by atoms with Gasteiger partial charge in [-0.25, -0.2) is 0 Å². The number of hydrogen-bond acceptors (Lipinski definition) is 4. The fraction of sp³-hybridized carbons (Fsp3) is 0.682. The van der Waals surface area contributed by atoms with Gasteiger partial charge in [0.2, 0.25) is 5.91 Å². The van der Waals surface area contributed by atoms with Crippen molar-refractivity contribution in [3.05, 3.63) is 35.9 Å². The van der Waals surface area contributed by atoms with E-state index >= 15 is 0 Å². The molecule has 1 aromatic carbocycles. The van der Waals surface area contributed by atoms with Crippen LogP contribution in [0.4, 0.5) is 0 Å². The van der Waals surface area contributed by atoms with Crippen LogP contribution in [0.25, 0.3) is 0 Å². The lowest BCUT2D eigenvalue weighted by atomic mass is 9.68. The predicted octanol–water partition coefficient (Wildman–Crippen LogP) is 2.05. The number of rotatable bonds is 3. The molecule has 3 aliphatic heterocycles. The minimum absolute atomic E-state index is 0.301. The fourth-order valence-electron chi connectivity index (χ4n) is 5.26. The van der Waals surface area contributed by atoms with Gasteiger partial charge in [-0.3, -0.25) is 9.69 Å². The Morgan fingerprint density at radius 1 is 1.11 bits per heavy atom. The van der Waals surface area contributed by atoms with Gasteiger partial charge in [-0.05, 0) is 43.2 Å². The number of carbonyl (C=O) groups excluding carboxylic acids is 1. The summed E-state index contributed by atoms with van der Waals surface area (Å²) < 4.78 is 5.39. The Bertz CT molecular complexity index is 622. The lowest BCUT2D eigenvalue weighted by Gasteiger charge is -2.49. The number of likely N-dealkylation sites (N-methyl/N-ethyl adjacent to an activating group) is 1. The summed E-state index contributed by atoms with van der Waals surface area (Å²) in [6.45, 7) is 7.97. The Kier molecular flexibility index (Phi) is 5.81. The van der Waals surface area contributed by atoms with E-state index in [0.717, 1.165) is 58.8 Å². The molecule has 0 aliphatic carbocycles. The van der Waals surface area contributed by atoms with E-state index in [9.17, 15) is 4.79 Å². The van der Waals surface area contributed by atoms with Crippen molar-refractivity contribution >= 4 is 5.91 Å². The van der Waals surface area contributed by atoms with Crippen molar-refractivity contribution in [1.29, 1.82) is 0 Å². The number of piperidine rings is 2. The summed E-state index contributed by atoms with van der Waals surface area (Å²) >= 11 is 0. The summed E-state index contributed by atoms with van der Waals surface area (Å²) in [6, 6.07) is 11.0. The largest absolute Gasteiger partial charge is 0.379 e. The Labute approximate surface area is 163 Å². The summed E-state index contributed by atoms with van der Waals surface area (Å²) in [7, 11) is 2.26. The number of morpholine rings is 1. The zero-order valence-corrected chi connectivity index (χ0v) is 16.6. The normalized spacial score (nSPS) is 27.0. The molecule has 0 radical (unpaired) electrons. The first kappa shape index (κ1) is 18.9. The van der Waals surface area contributed by atoms with E-state index in [2.05, 4.69) is 52.1 Å². The van der Waals surface area contributed by atoms with Gasteiger partial charge in [0.25, 0.3) is 0 Å². The predicted molar refractivity (Wildman–Crippen MR) is 107 cm³/mol. The smallest absolute Gasteiger partial charge is 0.236 e. The average molecular weight is 372 g/mol. The van der Waals surface area contributed by atoms with Gasteiger partial charge in [-0.15, -0.1) is 0 Å². The highest BCUT2D eigenvalue weighted by Gasteiger charge is 2.42. The number of benzene rings is 1. The number of nitrogens with zero attached hydrogens (tertiary/aromatic N) is 3. The SMILES string of the molecule is CN1C[C@H](c2ccccc2)CC2(CCN(C(=O)CN3CCOCC3)CC2)C1. The zero-order valence-electron chi connectivity index (χ0n) is 16.6. The van der Waals surface area contributed by atoms with Crippen LogP contribution < -0.4 is 0 Å². The van der Waals surface area contributed by atoms with Crippen molar-refractivity contribution < 1.29 is 9.53 Å². The highest BCUT2D eigenvalue weighted by molar-refractivity contribution is 5.78. The minimum atomic E-state index is 0.301. The average Bonchev–Trinajstić information content (AvgIpc) is 2.69. The van der Waals surface area contributed by atoms with Gasteiger partial charge < -0.3 is 14.5 Å². The number of carbonyl (C=O) groups is 1. The second-order valence-electron chi connectivity index (χ2n) is 8.78. The van der Waals surface area contributed by atoms with Crippen molar-refractivity contribution in [1.82, 2.24) is 14.7 Å². The molecule has 1 atom stereocenters. The van der Waals surface area contributed by atoms with Gasteiger partial charge in [-0.1, -0.05) is 30.3 Å². The van der Waals surface area contributed by atoms with Gasteiger partial charge in [0.15, 0.2) is 0 Å². The molecule has 4 rings (SSSR count). The summed E-state index contributed by atoms with van der Waals surface area (Å²) in [4.78, 5) is 19.6. The van der Waals surface area contributed by atoms with E-state index < -0.39 is 0 Å². The molecule has 5 nitrogen and oxygen atoms in total. The summed E-state index contributed by atoms with van der Waals surface area (Å²) in [5.74, 6) is 0.913. The highest BCUT2D eigenvalue weighted by atomic mass is 16.5. The number of amides is 1. The van der Waals surface area contributed by atoms with E-state index in [0.29, 0.717) is 23.8 Å². The maximum absolute atomic E-state index is 12.7. The summed E-state index contributed by atoms with van der Waals surface area (Å²) in [6.07, 6.45) is 3.53. The minimum Gasteiger partial charge on any atom is -0.379 e. The van der Waals surface area contributed by atoms with Crippen LogP contribution >= 0.6 is 0 Å². The molecule has 0 aromatic heterocycles. The Morgan fingerprint density at radius 2 is 1.81 bits per heavy atom. The van der Waals surface area contributed by atoms with E-state index in [1.165, 1.54) is 18.5 Å². The molecule has 3 heterocycles. The van der Waals surface area contributed by atoms with Crippen LogP contribution in [0.1, 0.15) is 30.7 Å². The second-order valence-corrected chi connectivity index (χ2v) is 8.78. The number of ether oxygens (including phenoxy) is 1. The van der Waals surface area contributed by atoms with Crippen LogP contribution in [-0.4, -0.2) is 86.7 Å². The topological polar surface area (TPSA) is 36.0 Å². The van der Waals surface area contributed by atoms with Crippen LogP contribution in [0.5, 0.6) is 0 Å². The van der Waals surface area contributed by atoms with Gasteiger partial charge in [0.1, 0.15) is 0 Å². The second kappa shape index (κ2) is 8.29. The third kappa shape index (κ3) is 4.53. The van der Waals surface area contributed by atoms with Crippen LogP contribution in [0, 0.1) is 5.41 Å². The van der Waals surface area contributed by atoms with E-state index in [4.69, 9.17) is 4.74 Å². The van der Waals surface area contributed by atoms with Crippen molar-refractivity contribution in [2.45, 2.75) is 25.2 Å². The summed E-state index contributed by atoms with van der Waals surface area (Å²) in [5.41, 5.74) is 1.83. The van der Waals surface area contributed by atoms with Crippen molar-refractivity contribution in [3.63, 3.8) is 0 Å². The molecule has 5 heteroatoms. The third-order valence-electron chi connectivity index (χ3n) is 6.73. The Morgan fingerprint density at radius 3 is 2.52 bits per heavy atom. The van der Waals surface area contributed by atoms with Crippen molar-refractivity contribution in [2.24, 2.45) is 5.41 Å².